The minimum Gasteiger partial charge on any atom is -0.482 e. The molecule has 0 unspecified atom stereocenters. The lowest BCUT2D eigenvalue weighted by atomic mass is 10.2. The Morgan fingerprint density at radius 1 is 1.26 bits per heavy atom. The summed E-state index contributed by atoms with van der Waals surface area (Å²) in [5.41, 5.74) is 3.29. The third-order valence-electron chi connectivity index (χ3n) is 2.77. The summed E-state index contributed by atoms with van der Waals surface area (Å²) in [7, 11) is 0. The van der Waals surface area contributed by atoms with Gasteiger partial charge in [-0.25, -0.2) is 5.43 Å². The summed E-state index contributed by atoms with van der Waals surface area (Å²) in [5, 5.41) is 4.73. The van der Waals surface area contributed by atoms with E-state index in [2.05, 4.69) is 10.5 Å². The smallest absolute Gasteiger partial charge is 0.277 e. The fraction of sp³-hybridized carbons (Fsp3) is 0.125. The number of nitrogens with zero attached hydrogens (tertiary/aromatic N) is 1. The molecule has 2 aromatic carbocycles. The number of rotatable bonds is 6. The molecular weight excluding hydrogens is 355 g/mol. The lowest BCUT2D eigenvalue weighted by Gasteiger charge is -2.07. The Bertz CT molecular complexity index is 706. The monoisotopic (exact) mass is 368 g/mol. The van der Waals surface area contributed by atoms with Crippen LogP contribution in [-0.2, 0) is 4.79 Å². The third-order valence-corrected chi connectivity index (χ3v) is 4.05. The van der Waals surface area contributed by atoms with Crippen LogP contribution in [0.3, 0.4) is 0 Å². The molecule has 0 fully saturated rings. The van der Waals surface area contributed by atoms with Crippen LogP contribution in [0.1, 0.15) is 5.56 Å². The molecule has 0 bridgehead atoms. The number of ether oxygens (including phenoxy) is 1. The molecule has 0 aliphatic heterocycles. The van der Waals surface area contributed by atoms with Crippen LogP contribution >= 0.6 is 35.0 Å². The van der Waals surface area contributed by atoms with E-state index in [1.807, 2.05) is 30.5 Å². The average molecular weight is 369 g/mol. The SMILES string of the molecule is CSc1ccc(/C=N\NC(=O)COc2ccc(Cl)cc2Cl)cc1. The number of hydrazone groups is 1. The molecule has 0 aliphatic rings. The van der Waals surface area contributed by atoms with Gasteiger partial charge in [-0.2, -0.15) is 5.10 Å². The van der Waals surface area contributed by atoms with Crippen molar-refractivity contribution in [3.63, 3.8) is 0 Å². The summed E-state index contributed by atoms with van der Waals surface area (Å²) in [6, 6.07) is 12.6. The molecule has 0 aliphatic carbocycles. The molecule has 0 atom stereocenters. The summed E-state index contributed by atoms with van der Waals surface area (Å²) in [4.78, 5) is 12.8. The van der Waals surface area contributed by atoms with Gasteiger partial charge >= 0.3 is 0 Å². The minimum absolute atomic E-state index is 0.190. The second-order valence-electron chi connectivity index (χ2n) is 4.43. The van der Waals surface area contributed by atoms with Crippen molar-refractivity contribution in [2.75, 3.05) is 12.9 Å². The van der Waals surface area contributed by atoms with Gasteiger partial charge in [0.1, 0.15) is 5.75 Å². The molecule has 7 heteroatoms. The van der Waals surface area contributed by atoms with Gasteiger partial charge in [0.2, 0.25) is 0 Å². The fourth-order valence-electron chi connectivity index (χ4n) is 1.64. The van der Waals surface area contributed by atoms with E-state index in [1.165, 1.54) is 4.90 Å². The zero-order chi connectivity index (χ0) is 16.7. The van der Waals surface area contributed by atoms with Crippen molar-refractivity contribution in [3.05, 3.63) is 58.1 Å². The van der Waals surface area contributed by atoms with Gasteiger partial charge in [0.25, 0.3) is 5.91 Å². The Hall–Kier alpha value is -1.69. The molecule has 4 nitrogen and oxygen atoms in total. The number of hydrogen-bond donors (Lipinski definition) is 1. The molecule has 0 heterocycles. The highest BCUT2D eigenvalue weighted by atomic mass is 35.5. The molecule has 0 radical (unpaired) electrons. The van der Waals surface area contributed by atoms with Crippen molar-refractivity contribution >= 4 is 47.1 Å². The van der Waals surface area contributed by atoms with E-state index in [4.69, 9.17) is 27.9 Å². The van der Waals surface area contributed by atoms with Gasteiger partial charge in [0.15, 0.2) is 6.61 Å². The number of thioether (sulfide) groups is 1. The number of carbonyl (C=O) groups is 1. The molecule has 2 aromatic rings. The molecule has 0 saturated carbocycles. The van der Waals surface area contributed by atoms with Crippen molar-refractivity contribution in [2.45, 2.75) is 4.90 Å². The molecule has 0 aromatic heterocycles. The van der Waals surface area contributed by atoms with E-state index in [-0.39, 0.29) is 12.5 Å². The first-order valence-electron chi connectivity index (χ1n) is 6.62. The molecule has 0 saturated heterocycles. The molecule has 2 rings (SSSR count). The Morgan fingerprint density at radius 3 is 2.65 bits per heavy atom. The number of carbonyl (C=O) groups excluding carboxylic acids is 1. The number of amides is 1. The van der Waals surface area contributed by atoms with E-state index in [9.17, 15) is 4.79 Å². The second-order valence-corrected chi connectivity index (χ2v) is 6.15. The Balaban J connectivity index is 1.81. The van der Waals surface area contributed by atoms with Gasteiger partial charge in [-0.3, -0.25) is 4.79 Å². The van der Waals surface area contributed by atoms with E-state index < -0.39 is 0 Å². The Morgan fingerprint density at radius 2 is 2.00 bits per heavy atom. The zero-order valence-electron chi connectivity index (χ0n) is 12.3. The first kappa shape index (κ1) is 17.7. The Kier molecular flexibility index (Phi) is 6.77. The number of hydrogen-bond acceptors (Lipinski definition) is 4. The van der Waals surface area contributed by atoms with E-state index in [0.717, 1.165) is 5.56 Å². The number of nitrogens with one attached hydrogen (secondary N) is 1. The maximum Gasteiger partial charge on any atom is 0.277 e. The summed E-state index contributed by atoms with van der Waals surface area (Å²) >= 11 is 13.4. The normalized spacial score (nSPS) is 10.7. The first-order valence-corrected chi connectivity index (χ1v) is 8.60. The predicted molar refractivity (Wildman–Crippen MR) is 95.9 cm³/mol. The largest absolute Gasteiger partial charge is 0.482 e. The van der Waals surface area contributed by atoms with Crippen LogP contribution in [-0.4, -0.2) is 25.0 Å². The van der Waals surface area contributed by atoms with Gasteiger partial charge in [-0.15, -0.1) is 11.8 Å². The van der Waals surface area contributed by atoms with Gasteiger partial charge in [-0.1, -0.05) is 35.3 Å². The molecule has 23 heavy (non-hydrogen) atoms. The minimum atomic E-state index is -0.381. The molecular formula is C16H14Cl2N2O2S. The van der Waals surface area contributed by atoms with E-state index >= 15 is 0 Å². The zero-order valence-corrected chi connectivity index (χ0v) is 14.6. The van der Waals surface area contributed by atoms with E-state index in [1.54, 1.807) is 36.2 Å². The summed E-state index contributed by atoms with van der Waals surface area (Å²) in [5.74, 6) is 0.0100. The van der Waals surface area contributed by atoms with Crippen LogP contribution in [0.5, 0.6) is 5.75 Å². The van der Waals surface area contributed by atoms with E-state index in [0.29, 0.717) is 15.8 Å². The predicted octanol–water partition coefficient (Wildman–Crippen LogP) is 4.24. The van der Waals surface area contributed by atoms with Gasteiger partial charge in [0.05, 0.1) is 11.2 Å². The van der Waals surface area contributed by atoms with Crippen molar-refractivity contribution in [3.8, 4) is 5.75 Å². The van der Waals surface area contributed by atoms with Gasteiger partial charge < -0.3 is 4.74 Å². The fourth-order valence-corrected chi connectivity index (χ4v) is 2.51. The first-order chi connectivity index (χ1) is 11.1. The highest BCUT2D eigenvalue weighted by Gasteiger charge is 2.05. The maximum atomic E-state index is 11.7. The van der Waals surface area contributed by atoms with Crippen LogP contribution in [0.2, 0.25) is 10.0 Å². The van der Waals surface area contributed by atoms with Crippen molar-refractivity contribution in [1.82, 2.24) is 5.43 Å². The number of benzene rings is 2. The highest BCUT2D eigenvalue weighted by molar-refractivity contribution is 7.98. The maximum absolute atomic E-state index is 11.7. The summed E-state index contributed by atoms with van der Waals surface area (Å²) < 4.78 is 5.31. The second kappa shape index (κ2) is 8.82. The van der Waals surface area contributed by atoms with Gasteiger partial charge in [0, 0.05) is 9.92 Å². The van der Waals surface area contributed by atoms with Crippen LogP contribution in [0.4, 0.5) is 0 Å². The topological polar surface area (TPSA) is 50.7 Å². The standard InChI is InChI=1S/C16H14Cl2N2O2S/c1-23-13-5-2-11(3-6-13)9-19-20-16(21)10-22-15-7-4-12(17)8-14(15)18/h2-9H,10H2,1H3,(H,20,21)/b19-9-. The number of halogens is 2. The lowest BCUT2D eigenvalue weighted by molar-refractivity contribution is -0.123. The molecule has 1 N–H and O–H groups in total. The summed E-state index contributed by atoms with van der Waals surface area (Å²) in [6.45, 7) is -0.190. The molecule has 0 spiro atoms. The molecule has 1 amide bonds. The van der Waals surface area contributed by atoms with Crippen LogP contribution in [0, 0.1) is 0 Å². The third kappa shape index (κ3) is 5.78. The van der Waals surface area contributed by atoms with Crippen LogP contribution in [0.15, 0.2) is 52.5 Å². The highest BCUT2D eigenvalue weighted by Crippen LogP contribution is 2.27. The van der Waals surface area contributed by atoms with Crippen molar-refractivity contribution in [1.29, 1.82) is 0 Å². The lowest BCUT2D eigenvalue weighted by Crippen LogP contribution is -2.24. The van der Waals surface area contributed by atoms with Crippen LogP contribution < -0.4 is 10.2 Å². The Labute approximate surface area is 148 Å². The van der Waals surface area contributed by atoms with Crippen molar-refractivity contribution in [2.24, 2.45) is 5.10 Å². The quantitative estimate of drug-likeness (QED) is 0.471. The average Bonchev–Trinajstić information content (AvgIpc) is 2.54. The summed E-state index contributed by atoms with van der Waals surface area (Å²) in [6.07, 6.45) is 3.58. The molecule has 120 valence electrons. The van der Waals surface area contributed by atoms with Gasteiger partial charge in [-0.05, 0) is 42.2 Å². The van der Waals surface area contributed by atoms with Crippen LogP contribution in [0.25, 0.3) is 0 Å². The van der Waals surface area contributed by atoms with Crippen molar-refractivity contribution < 1.29 is 9.53 Å².